The molecule has 0 fully saturated rings. The molecule has 1 aromatic heterocycles. The fraction of sp³-hybridized carbons (Fsp3) is 0.158. The van der Waals surface area contributed by atoms with Crippen molar-refractivity contribution in [2.24, 2.45) is 0 Å². The summed E-state index contributed by atoms with van der Waals surface area (Å²) < 4.78 is 7.27. The Kier molecular flexibility index (Phi) is 3.54. The first-order chi connectivity index (χ1) is 11.8. The molecule has 2 heterocycles. The Morgan fingerprint density at radius 2 is 2.00 bits per heavy atom. The maximum atomic E-state index is 12.2. The Hall–Kier alpha value is -3.08. The Morgan fingerprint density at radius 1 is 1.17 bits per heavy atom. The largest absolute Gasteiger partial charge is 0.497 e. The van der Waals surface area contributed by atoms with E-state index in [2.05, 4.69) is 14.9 Å². The maximum absolute atomic E-state index is 12.2. The third-order valence-electron chi connectivity index (χ3n) is 4.20. The third kappa shape index (κ3) is 2.44. The molecule has 5 heteroatoms. The number of carbonyl (C=O) groups is 1. The van der Waals surface area contributed by atoms with Gasteiger partial charge < -0.3 is 14.6 Å². The van der Waals surface area contributed by atoms with Gasteiger partial charge in [0.15, 0.2) is 0 Å². The summed E-state index contributed by atoms with van der Waals surface area (Å²) in [7, 11) is 1.65. The van der Waals surface area contributed by atoms with E-state index in [0.717, 1.165) is 28.2 Å². The summed E-state index contributed by atoms with van der Waals surface area (Å²) in [6.07, 6.45) is 4.01. The van der Waals surface area contributed by atoms with Crippen LogP contribution in [0.25, 0.3) is 23.2 Å². The average Bonchev–Trinajstić information content (AvgIpc) is 2.88. The van der Waals surface area contributed by atoms with E-state index in [4.69, 9.17) is 4.74 Å². The highest BCUT2D eigenvalue weighted by atomic mass is 16.5. The molecule has 0 bridgehead atoms. The zero-order valence-electron chi connectivity index (χ0n) is 13.3. The number of ether oxygens (including phenoxy) is 1. The number of imidazole rings is 1. The second kappa shape index (κ2) is 5.85. The van der Waals surface area contributed by atoms with E-state index in [1.165, 1.54) is 0 Å². The molecule has 0 unspecified atom stereocenters. The summed E-state index contributed by atoms with van der Waals surface area (Å²) >= 11 is 0. The SMILES string of the molecule is COc1ccc(C=Cc2nc3cccc4c3n2CCNC4=O)cc1. The van der Waals surface area contributed by atoms with Gasteiger partial charge in [0.2, 0.25) is 0 Å². The average molecular weight is 319 g/mol. The molecule has 0 aliphatic carbocycles. The van der Waals surface area contributed by atoms with Crippen LogP contribution >= 0.6 is 0 Å². The minimum Gasteiger partial charge on any atom is -0.497 e. The van der Waals surface area contributed by atoms with E-state index >= 15 is 0 Å². The van der Waals surface area contributed by atoms with Gasteiger partial charge in [-0.2, -0.15) is 0 Å². The number of aromatic nitrogens is 2. The van der Waals surface area contributed by atoms with Crippen molar-refractivity contribution < 1.29 is 9.53 Å². The Bertz CT molecular complexity index is 939. The minimum absolute atomic E-state index is 0.0371. The van der Waals surface area contributed by atoms with E-state index in [0.29, 0.717) is 18.7 Å². The number of hydrogen-bond acceptors (Lipinski definition) is 3. The highest BCUT2D eigenvalue weighted by Gasteiger charge is 2.19. The molecule has 5 nitrogen and oxygen atoms in total. The number of methoxy groups -OCH3 is 1. The van der Waals surface area contributed by atoms with Gasteiger partial charge in [-0.1, -0.05) is 24.3 Å². The number of hydrogen-bond donors (Lipinski definition) is 1. The van der Waals surface area contributed by atoms with Gasteiger partial charge >= 0.3 is 0 Å². The van der Waals surface area contributed by atoms with Gasteiger partial charge in [-0.25, -0.2) is 4.98 Å². The van der Waals surface area contributed by atoms with Crippen LogP contribution < -0.4 is 10.1 Å². The number of amides is 1. The molecule has 1 amide bonds. The van der Waals surface area contributed by atoms with Crippen molar-refractivity contribution in [3.05, 3.63) is 59.4 Å². The van der Waals surface area contributed by atoms with E-state index in [1.807, 2.05) is 54.6 Å². The maximum Gasteiger partial charge on any atom is 0.253 e. The monoisotopic (exact) mass is 319 g/mol. The van der Waals surface area contributed by atoms with Crippen LogP contribution in [0.15, 0.2) is 42.5 Å². The number of nitrogens with zero attached hydrogens (tertiary/aromatic N) is 2. The molecule has 0 saturated carbocycles. The van der Waals surface area contributed by atoms with Gasteiger partial charge in [0.1, 0.15) is 11.6 Å². The minimum atomic E-state index is -0.0371. The standard InChI is InChI=1S/C19H17N3O2/c1-24-14-8-5-13(6-9-14)7-10-17-21-16-4-2-3-15-18(16)22(17)12-11-20-19(15)23/h2-10H,11-12H2,1H3,(H,20,23). The van der Waals surface area contributed by atoms with Crippen molar-refractivity contribution in [2.45, 2.75) is 6.54 Å². The number of carbonyl (C=O) groups excluding carboxylic acids is 1. The molecule has 0 saturated heterocycles. The van der Waals surface area contributed by atoms with Crippen LogP contribution in [0.4, 0.5) is 0 Å². The number of nitrogens with one attached hydrogen (secondary N) is 1. The zero-order chi connectivity index (χ0) is 16.5. The smallest absolute Gasteiger partial charge is 0.253 e. The number of para-hydroxylation sites is 1. The summed E-state index contributed by atoms with van der Waals surface area (Å²) in [5, 5.41) is 2.93. The van der Waals surface area contributed by atoms with Crippen molar-refractivity contribution in [1.82, 2.24) is 14.9 Å². The van der Waals surface area contributed by atoms with Gasteiger partial charge in [-0.05, 0) is 35.9 Å². The first-order valence-electron chi connectivity index (χ1n) is 7.86. The van der Waals surface area contributed by atoms with Crippen molar-refractivity contribution in [2.75, 3.05) is 13.7 Å². The predicted octanol–water partition coefficient (Wildman–Crippen LogP) is 2.96. The van der Waals surface area contributed by atoms with Gasteiger partial charge in [0, 0.05) is 13.1 Å². The van der Waals surface area contributed by atoms with Crippen LogP contribution in [0.5, 0.6) is 5.75 Å². The molecule has 1 aliphatic rings. The van der Waals surface area contributed by atoms with E-state index < -0.39 is 0 Å². The summed E-state index contributed by atoms with van der Waals surface area (Å²) in [6.45, 7) is 1.31. The Morgan fingerprint density at radius 3 is 2.79 bits per heavy atom. The molecule has 0 spiro atoms. The molecule has 1 aliphatic heterocycles. The normalized spacial score (nSPS) is 14.0. The van der Waals surface area contributed by atoms with Crippen LogP contribution in [0.3, 0.4) is 0 Å². The molecule has 24 heavy (non-hydrogen) atoms. The van der Waals surface area contributed by atoms with Gasteiger partial charge in [0.25, 0.3) is 5.91 Å². The lowest BCUT2D eigenvalue weighted by molar-refractivity contribution is 0.0956. The fourth-order valence-electron chi connectivity index (χ4n) is 3.00. The van der Waals surface area contributed by atoms with Crippen LogP contribution in [0, 0.1) is 0 Å². The highest BCUT2D eigenvalue weighted by Crippen LogP contribution is 2.23. The molecule has 3 aromatic rings. The second-order valence-corrected chi connectivity index (χ2v) is 5.66. The van der Waals surface area contributed by atoms with E-state index in [1.54, 1.807) is 7.11 Å². The molecule has 1 N–H and O–H groups in total. The first-order valence-corrected chi connectivity index (χ1v) is 7.86. The summed E-state index contributed by atoms with van der Waals surface area (Å²) in [5.41, 5.74) is 3.50. The molecule has 0 radical (unpaired) electrons. The Labute approximate surface area is 139 Å². The lowest BCUT2D eigenvalue weighted by atomic mass is 10.2. The second-order valence-electron chi connectivity index (χ2n) is 5.66. The fourth-order valence-corrected chi connectivity index (χ4v) is 3.00. The first kappa shape index (κ1) is 14.5. The topological polar surface area (TPSA) is 56.1 Å². The molecule has 4 rings (SSSR count). The van der Waals surface area contributed by atoms with Crippen molar-refractivity contribution in [3.63, 3.8) is 0 Å². The number of rotatable bonds is 3. The van der Waals surface area contributed by atoms with Gasteiger partial charge in [-0.3, -0.25) is 4.79 Å². The van der Waals surface area contributed by atoms with Crippen LogP contribution in [0.2, 0.25) is 0 Å². The predicted molar refractivity (Wildman–Crippen MR) is 94.0 cm³/mol. The van der Waals surface area contributed by atoms with Crippen molar-refractivity contribution >= 4 is 29.1 Å². The van der Waals surface area contributed by atoms with E-state index in [9.17, 15) is 4.79 Å². The van der Waals surface area contributed by atoms with Gasteiger partial charge in [-0.15, -0.1) is 0 Å². The van der Waals surface area contributed by atoms with E-state index in [-0.39, 0.29) is 5.91 Å². The lowest BCUT2D eigenvalue weighted by Crippen LogP contribution is -2.24. The molecule has 0 atom stereocenters. The summed E-state index contributed by atoms with van der Waals surface area (Å²) in [4.78, 5) is 16.8. The lowest BCUT2D eigenvalue weighted by Gasteiger charge is -2.04. The van der Waals surface area contributed by atoms with Crippen LogP contribution in [0.1, 0.15) is 21.7 Å². The molecular formula is C19H17N3O2. The third-order valence-corrected chi connectivity index (χ3v) is 4.20. The van der Waals surface area contributed by atoms with Crippen molar-refractivity contribution in [3.8, 4) is 5.75 Å². The van der Waals surface area contributed by atoms with Gasteiger partial charge in [0.05, 0.1) is 23.7 Å². The van der Waals surface area contributed by atoms with Crippen LogP contribution in [-0.2, 0) is 6.54 Å². The molecule has 120 valence electrons. The zero-order valence-corrected chi connectivity index (χ0v) is 13.3. The summed E-state index contributed by atoms with van der Waals surface area (Å²) in [6, 6.07) is 13.5. The summed E-state index contributed by atoms with van der Waals surface area (Å²) in [5.74, 6) is 1.65. The number of benzene rings is 2. The highest BCUT2D eigenvalue weighted by molar-refractivity contribution is 6.05. The van der Waals surface area contributed by atoms with Crippen LogP contribution in [-0.4, -0.2) is 29.1 Å². The molecule has 2 aromatic carbocycles. The quantitative estimate of drug-likeness (QED) is 0.807. The van der Waals surface area contributed by atoms with Crippen molar-refractivity contribution in [1.29, 1.82) is 0 Å². The Balaban J connectivity index is 1.76. The molecular weight excluding hydrogens is 302 g/mol.